The van der Waals surface area contributed by atoms with Crippen molar-refractivity contribution in [2.75, 3.05) is 13.1 Å². The highest BCUT2D eigenvalue weighted by Gasteiger charge is 2.34. The highest BCUT2D eigenvalue weighted by Crippen LogP contribution is 2.40. The minimum Gasteiger partial charge on any atom is -0.299 e. The third-order valence-electron chi connectivity index (χ3n) is 5.75. The Labute approximate surface area is 148 Å². The third kappa shape index (κ3) is 3.05. The van der Waals surface area contributed by atoms with Crippen LogP contribution in [0.4, 0.5) is 0 Å². The van der Waals surface area contributed by atoms with Gasteiger partial charge in [0.05, 0.1) is 6.20 Å². The van der Waals surface area contributed by atoms with Crippen molar-refractivity contribution in [1.29, 1.82) is 0 Å². The van der Waals surface area contributed by atoms with Gasteiger partial charge >= 0.3 is 5.69 Å². The SMILES string of the molecule is CCn1ncc(CN2CCC(n3c(C4CC4)nn(C)c3=O)CC2)c1C. The zero-order valence-electron chi connectivity index (χ0n) is 15.5. The Kier molecular flexibility index (Phi) is 4.27. The van der Waals surface area contributed by atoms with Crippen LogP contribution in [0.25, 0.3) is 0 Å². The van der Waals surface area contributed by atoms with Crippen LogP contribution in [0.1, 0.15) is 61.6 Å². The Morgan fingerprint density at radius 3 is 2.52 bits per heavy atom. The zero-order valence-corrected chi connectivity index (χ0v) is 15.5. The van der Waals surface area contributed by atoms with Gasteiger partial charge in [-0.1, -0.05) is 0 Å². The normalized spacial score (nSPS) is 19.6. The minimum absolute atomic E-state index is 0.0559. The monoisotopic (exact) mass is 344 g/mol. The second kappa shape index (κ2) is 6.44. The van der Waals surface area contributed by atoms with Crippen molar-refractivity contribution >= 4 is 0 Å². The summed E-state index contributed by atoms with van der Waals surface area (Å²) in [6.07, 6.45) is 6.40. The topological polar surface area (TPSA) is 60.9 Å². The predicted molar refractivity (Wildman–Crippen MR) is 95.6 cm³/mol. The van der Waals surface area contributed by atoms with E-state index < -0.39 is 0 Å². The summed E-state index contributed by atoms with van der Waals surface area (Å²) in [6.45, 7) is 8.19. The second-order valence-corrected chi connectivity index (χ2v) is 7.49. The van der Waals surface area contributed by atoms with E-state index in [0.717, 1.165) is 44.8 Å². The molecule has 2 aromatic heterocycles. The zero-order chi connectivity index (χ0) is 17.6. The molecule has 1 aliphatic heterocycles. The van der Waals surface area contributed by atoms with Crippen molar-refractivity contribution < 1.29 is 0 Å². The van der Waals surface area contributed by atoms with Gasteiger partial charge in [-0.25, -0.2) is 9.48 Å². The molecule has 2 aromatic rings. The Morgan fingerprint density at radius 2 is 1.92 bits per heavy atom. The summed E-state index contributed by atoms with van der Waals surface area (Å²) in [7, 11) is 1.77. The number of piperidine rings is 1. The summed E-state index contributed by atoms with van der Waals surface area (Å²) < 4.78 is 5.57. The van der Waals surface area contributed by atoms with E-state index in [0.29, 0.717) is 12.0 Å². The van der Waals surface area contributed by atoms with Crippen molar-refractivity contribution in [2.24, 2.45) is 7.05 Å². The maximum Gasteiger partial charge on any atom is 0.345 e. The summed E-state index contributed by atoms with van der Waals surface area (Å²) in [5.41, 5.74) is 2.64. The fourth-order valence-corrected chi connectivity index (χ4v) is 4.00. The first-order chi connectivity index (χ1) is 12.1. The standard InChI is InChI=1S/C18H28N6O/c1-4-23-13(2)15(11-19-23)12-22-9-7-16(8-10-22)24-17(14-5-6-14)20-21(3)18(24)25/h11,14,16H,4-10,12H2,1-3H3. The molecule has 1 saturated heterocycles. The van der Waals surface area contributed by atoms with E-state index in [4.69, 9.17) is 0 Å². The molecule has 0 spiro atoms. The van der Waals surface area contributed by atoms with Crippen LogP contribution in [0, 0.1) is 6.92 Å². The summed E-state index contributed by atoms with van der Waals surface area (Å²) in [4.78, 5) is 15.0. The average molecular weight is 344 g/mol. The molecular weight excluding hydrogens is 316 g/mol. The van der Waals surface area contributed by atoms with E-state index in [1.165, 1.54) is 28.8 Å². The van der Waals surface area contributed by atoms with E-state index >= 15 is 0 Å². The largest absolute Gasteiger partial charge is 0.345 e. The lowest BCUT2D eigenvalue weighted by Gasteiger charge is -2.32. The number of likely N-dealkylation sites (tertiary alicyclic amines) is 1. The fraction of sp³-hybridized carbons (Fsp3) is 0.722. The molecule has 7 nitrogen and oxygen atoms in total. The van der Waals surface area contributed by atoms with Crippen molar-refractivity contribution in [3.8, 4) is 0 Å². The lowest BCUT2D eigenvalue weighted by atomic mass is 10.0. The van der Waals surface area contributed by atoms with E-state index in [-0.39, 0.29) is 5.69 Å². The van der Waals surface area contributed by atoms with Gasteiger partial charge in [-0.15, -0.1) is 0 Å². The number of rotatable bonds is 5. The molecule has 4 rings (SSSR count). The first-order valence-electron chi connectivity index (χ1n) is 9.47. The molecule has 0 atom stereocenters. The molecule has 0 bridgehead atoms. The van der Waals surface area contributed by atoms with Gasteiger partial charge in [0.2, 0.25) is 0 Å². The summed E-state index contributed by atoms with van der Waals surface area (Å²) in [6, 6.07) is 0.299. The fourth-order valence-electron chi connectivity index (χ4n) is 4.00. The number of aromatic nitrogens is 5. The molecule has 0 amide bonds. The Balaban J connectivity index is 1.43. The third-order valence-corrected chi connectivity index (χ3v) is 5.75. The summed E-state index contributed by atoms with van der Waals surface area (Å²) in [5.74, 6) is 1.53. The molecule has 7 heteroatoms. The van der Waals surface area contributed by atoms with Gasteiger partial charge < -0.3 is 0 Å². The second-order valence-electron chi connectivity index (χ2n) is 7.49. The van der Waals surface area contributed by atoms with E-state index in [2.05, 4.69) is 33.6 Å². The van der Waals surface area contributed by atoms with Gasteiger partial charge in [-0.3, -0.25) is 14.1 Å². The average Bonchev–Trinajstić information content (AvgIpc) is 3.34. The van der Waals surface area contributed by atoms with Crippen LogP contribution in [0.2, 0.25) is 0 Å². The molecular formula is C18H28N6O. The van der Waals surface area contributed by atoms with Crippen molar-refractivity contribution in [2.45, 2.75) is 64.6 Å². The van der Waals surface area contributed by atoms with Crippen LogP contribution in [0.15, 0.2) is 11.0 Å². The highest BCUT2D eigenvalue weighted by molar-refractivity contribution is 5.16. The number of nitrogens with zero attached hydrogens (tertiary/aromatic N) is 6. The molecule has 1 aliphatic carbocycles. The first kappa shape index (κ1) is 16.6. The van der Waals surface area contributed by atoms with Gasteiger partial charge in [0.1, 0.15) is 5.82 Å². The Bertz CT molecular complexity index is 804. The number of aryl methyl sites for hydroxylation is 2. The summed E-state index contributed by atoms with van der Waals surface area (Å²) >= 11 is 0. The molecule has 0 radical (unpaired) electrons. The highest BCUT2D eigenvalue weighted by atomic mass is 16.2. The Hall–Kier alpha value is -1.89. The van der Waals surface area contributed by atoms with Gasteiger partial charge in [-0.2, -0.15) is 10.2 Å². The van der Waals surface area contributed by atoms with Crippen LogP contribution in [0.5, 0.6) is 0 Å². The van der Waals surface area contributed by atoms with Crippen LogP contribution in [0.3, 0.4) is 0 Å². The van der Waals surface area contributed by atoms with Gasteiger partial charge in [0.15, 0.2) is 0 Å². The number of hydrogen-bond acceptors (Lipinski definition) is 4. The lowest BCUT2D eigenvalue weighted by Crippen LogP contribution is -2.38. The smallest absolute Gasteiger partial charge is 0.299 e. The van der Waals surface area contributed by atoms with E-state index in [1.807, 2.05) is 10.8 Å². The van der Waals surface area contributed by atoms with Gasteiger partial charge in [0, 0.05) is 56.4 Å². The van der Waals surface area contributed by atoms with Crippen molar-refractivity contribution in [3.05, 3.63) is 33.8 Å². The molecule has 1 saturated carbocycles. The molecule has 0 unspecified atom stereocenters. The van der Waals surface area contributed by atoms with Crippen LogP contribution in [-0.4, -0.2) is 42.1 Å². The maximum absolute atomic E-state index is 12.5. The van der Waals surface area contributed by atoms with Crippen molar-refractivity contribution in [3.63, 3.8) is 0 Å². The minimum atomic E-state index is 0.0559. The molecule has 136 valence electrons. The predicted octanol–water partition coefficient (Wildman–Crippen LogP) is 1.82. The molecule has 25 heavy (non-hydrogen) atoms. The molecule has 0 N–H and O–H groups in total. The first-order valence-corrected chi connectivity index (χ1v) is 9.47. The molecule has 2 aliphatic rings. The summed E-state index contributed by atoms with van der Waals surface area (Å²) in [5, 5.41) is 8.95. The lowest BCUT2D eigenvalue weighted by molar-refractivity contribution is 0.175. The van der Waals surface area contributed by atoms with E-state index in [9.17, 15) is 4.79 Å². The van der Waals surface area contributed by atoms with Crippen molar-refractivity contribution in [1.82, 2.24) is 29.0 Å². The maximum atomic E-state index is 12.5. The van der Waals surface area contributed by atoms with Crippen LogP contribution < -0.4 is 5.69 Å². The molecule has 2 fully saturated rings. The van der Waals surface area contributed by atoms with Gasteiger partial charge in [-0.05, 0) is 39.5 Å². The van der Waals surface area contributed by atoms with E-state index in [1.54, 1.807) is 7.05 Å². The molecule has 0 aromatic carbocycles. The van der Waals surface area contributed by atoms with Gasteiger partial charge in [0.25, 0.3) is 0 Å². The van der Waals surface area contributed by atoms with Crippen LogP contribution >= 0.6 is 0 Å². The quantitative estimate of drug-likeness (QED) is 0.830. The van der Waals surface area contributed by atoms with Crippen LogP contribution in [-0.2, 0) is 20.1 Å². The number of hydrogen-bond donors (Lipinski definition) is 0. The molecule has 3 heterocycles. The Morgan fingerprint density at radius 1 is 1.20 bits per heavy atom.